The molecule has 1 heterocycles. The first kappa shape index (κ1) is 12.0. The first-order valence-corrected chi connectivity index (χ1v) is 5.53. The molecular formula is C12H12ClFN2O. The van der Waals surface area contributed by atoms with Gasteiger partial charge in [0.2, 0.25) is 0 Å². The molecule has 1 aromatic carbocycles. The van der Waals surface area contributed by atoms with E-state index in [0.29, 0.717) is 12.2 Å². The van der Waals surface area contributed by atoms with Gasteiger partial charge in [-0.25, -0.2) is 4.39 Å². The summed E-state index contributed by atoms with van der Waals surface area (Å²) in [6.45, 7) is 0.364. The van der Waals surface area contributed by atoms with Gasteiger partial charge in [-0.15, -0.1) is 0 Å². The molecule has 0 aliphatic carbocycles. The Kier molecular flexibility index (Phi) is 3.66. The van der Waals surface area contributed by atoms with E-state index in [9.17, 15) is 4.39 Å². The molecule has 1 atom stereocenters. The van der Waals surface area contributed by atoms with Crippen LogP contribution in [0.1, 0.15) is 11.8 Å². The van der Waals surface area contributed by atoms with Crippen molar-refractivity contribution < 1.29 is 8.81 Å². The maximum absolute atomic E-state index is 13.0. The molecule has 0 aliphatic rings. The Labute approximate surface area is 103 Å². The largest absolute Gasteiger partial charge is 0.467 e. The molecule has 1 aromatic heterocycles. The number of anilines is 1. The van der Waals surface area contributed by atoms with E-state index in [1.165, 1.54) is 12.1 Å². The second kappa shape index (κ2) is 5.21. The maximum Gasteiger partial charge on any atom is 0.141 e. The third kappa shape index (κ3) is 2.78. The Balaban J connectivity index is 2.16. The van der Waals surface area contributed by atoms with E-state index in [-0.39, 0.29) is 11.1 Å². The van der Waals surface area contributed by atoms with Crippen LogP contribution in [0.5, 0.6) is 0 Å². The zero-order valence-electron chi connectivity index (χ0n) is 8.99. The number of nitrogens with two attached hydrogens (primary N) is 1. The SMILES string of the molecule is NCC(Nc1ccc(F)c(Cl)c1)c1ccco1. The van der Waals surface area contributed by atoms with Crippen LogP contribution < -0.4 is 11.1 Å². The van der Waals surface area contributed by atoms with E-state index in [1.807, 2.05) is 6.07 Å². The van der Waals surface area contributed by atoms with Gasteiger partial charge in [-0.2, -0.15) is 0 Å². The summed E-state index contributed by atoms with van der Waals surface area (Å²) in [5.74, 6) is 0.285. The van der Waals surface area contributed by atoms with Gasteiger partial charge in [0.05, 0.1) is 17.3 Å². The average Bonchev–Trinajstić information content (AvgIpc) is 2.84. The third-order valence-corrected chi connectivity index (χ3v) is 2.67. The van der Waals surface area contributed by atoms with Gasteiger partial charge in [0.25, 0.3) is 0 Å². The highest BCUT2D eigenvalue weighted by Gasteiger charge is 2.12. The smallest absolute Gasteiger partial charge is 0.141 e. The van der Waals surface area contributed by atoms with Crippen LogP contribution in [0.15, 0.2) is 41.0 Å². The van der Waals surface area contributed by atoms with E-state index in [0.717, 1.165) is 5.76 Å². The number of nitrogens with one attached hydrogen (secondary N) is 1. The molecule has 2 aromatic rings. The summed E-state index contributed by atoms with van der Waals surface area (Å²) in [6.07, 6.45) is 1.58. The molecule has 3 N–H and O–H groups in total. The summed E-state index contributed by atoms with van der Waals surface area (Å²) in [7, 11) is 0. The molecule has 0 bridgehead atoms. The molecule has 1 unspecified atom stereocenters. The number of hydrogen-bond donors (Lipinski definition) is 2. The standard InChI is InChI=1S/C12H12ClFN2O/c13-9-6-8(3-4-10(9)14)16-11(7-15)12-2-1-5-17-12/h1-6,11,16H,7,15H2. The lowest BCUT2D eigenvalue weighted by molar-refractivity contribution is 0.481. The summed E-state index contributed by atoms with van der Waals surface area (Å²) in [6, 6.07) is 7.88. The van der Waals surface area contributed by atoms with Crippen molar-refractivity contribution in [3.8, 4) is 0 Å². The predicted octanol–water partition coefficient (Wildman–Crippen LogP) is 3.18. The van der Waals surface area contributed by atoms with Crippen LogP contribution in [0.25, 0.3) is 0 Å². The fraction of sp³-hybridized carbons (Fsp3) is 0.167. The lowest BCUT2D eigenvalue weighted by atomic mass is 10.2. The average molecular weight is 255 g/mol. The van der Waals surface area contributed by atoms with Crippen LogP contribution in [0, 0.1) is 5.82 Å². The van der Waals surface area contributed by atoms with Gasteiger partial charge >= 0.3 is 0 Å². The van der Waals surface area contributed by atoms with Crippen molar-refractivity contribution in [2.75, 3.05) is 11.9 Å². The molecule has 3 nitrogen and oxygen atoms in total. The van der Waals surface area contributed by atoms with Crippen molar-refractivity contribution in [3.05, 3.63) is 53.2 Å². The first-order chi connectivity index (χ1) is 8.20. The topological polar surface area (TPSA) is 51.2 Å². The Bertz CT molecular complexity index is 487. The maximum atomic E-state index is 13.0. The molecule has 0 saturated carbocycles. The number of benzene rings is 1. The molecule has 17 heavy (non-hydrogen) atoms. The second-order valence-corrected chi connectivity index (χ2v) is 3.98. The first-order valence-electron chi connectivity index (χ1n) is 5.16. The highest BCUT2D eigenvalue weighted by molar-refractivity contribution is 6.31. The molecule has 0 aliphatic heterocycles. The van der Waals surface area contributed by atoms with Gasteiger partial charge in [0.1, 0.15) is 11.6 Å². The van der Waals surface area contributed by atoms with E-state index < -0.39 is 5.82 Å². The summed E-state index contributed by atoms with van der Waals surface area (Å²) in [5, 5.41) is 3.20. The highest BCUT2D eigenvalue weighted by atomic mass is 35.5. The van der Waals surface area contributed by atoms with Crippen LogP contribution in [0.2, 0.25) is 5.02 Å². The molecule has 5 heteroatoms. The zero-order valence-corrected chi connectivity index (χ0v) is 9.75. The van der Waals surface area contributed by atoms with E-state index in [1.54, 1.807) is 18.4 Å². The van der Waals surface area contributed by atoms with E-state index in [2.05, 4.69) is 5.32 Å². The van der Waals surface area contributed by atoms with Gasteiger partial charge < -0.3 is 15.5 Å². The van der Waals surface area contributed by atoms with Crippen LogP contribution in [-0.2, 0) is 0 Å². The van der Waals surface area contributed by atoms with Gasteiger partial charge in [0, 0.05) is 12.2 Å². The van der Waals surface area contributed by atoms with Gasteiger partial charge in [0.15, 0.2) is 0 Å². The molecular weight excluding hydrogens is 243 g/mol. The fourth-order valence-electron chi connectivity index (χ4n) is 1.52. The Morgan fingerprint density at radius 1 is 1.41 bits per heavy atom. The number of hydrogen-bond acceptors (Lipinski definition) is 3. The molecule has 0 fully saturated rings. The van der Waals surface area contributed by atoms with Crippen molar-refractivity contribution in [1.82, 2.24) is 0 Å². The minimum absolute atomic E-state index is 0.0743. The third-order valence-electron chi connectivity index (χ3n) is 2.38. The van der Waals surface area contributed by atoms with Gasteiger partial charge in [-0.3, -0.25) is 0 Å². The second-order valence-electron chi connectivity index (χ2n) is 3.58. The molecule has 90 valence electrons. The Morgan fingerprint density at radius 3 is 2.82 bits per heavy atom. The van der Waals surface area contributed by atoms with E-state index in [4.69, 9.17) is 21.8 Å². The van der Waals surface area contributed by atoms with Crippen molar-refractivity contribution in [2.45, 2.75) is 6.04 Å². The Hall–Kier alpha value is -1.52. The monoisotopic (exact) mass is 254 g/mol. The number of halogens is 2. The fourth-order valence-corrected chi connectivity index (χ4v) is 1.70. The van der Waals surface area contributed by atoms with E-state index >= 15 is 0 Å². The number of furan rings is 1. The van der Waals surface area contributed by atoms with Crippen LogP contribution in [0.4, 0.5) is 10.1 Å². The minimum Gasteiger partial charge on any atom is -0.467 e. The molecule has 0 radical (unpaired) electrons. The lowest BCUT2D eigenvalue weighted by Crippen LogP contribution is -2.20. The van der Waals surface area contributed by atoms with Crippen molar-refractivity contribution >= 4 is 17.3 Å². The van der Waals surface area contributed by atoms with Crippen molar-refractivity contribution in [1.29, 1.82) is 0 Å². The van der Waals surface area contributed by atoms with Crippen LogP contribution in [-0.4, -0.2) is 6.54 Å². The zero-order chi connectivity index (χ0) is 12.3. The normalized spacial score (nSPS) is 12.4. The lowest BCUT2D eigenvalue weighted by Gasteiger charge is -2.16. The molecule has 0 spiro atoms. The molecule has 0 amide bonds. The van der Waals surface area contributed by atoms with Gasteiger partial charge in [-0.1, -0.05) is 11.6 Å². The summed E-state index contributed by atoms with van der Waals surface area (Å²) in [4.78, 5) is 0. The molecule has 2 rings (SSSR count). The minimum atomic E-state index is -0.445. The van der Waals surface area contributed by atoms with Crippen LogP contribution >= 0.6 is 11.6 Å². The predicted molar refractivity (Wildman–Crippen MR) is 65.5 cm³/mol. The number of rotatable bonds is 4. The van der Waals surface area contributed by atoms with Crippen molar-refractivity contribution in [3.63, 3.8) is 0 Å². The summed E-state index contributed by atoms with van der Waals surface area (Å²) in [5.41, 5.74) is 6.35. The van der Waals surface area contributed by atoms with Gasteiger partial charge in [-0.05, 0) is 30.3 Å². The van der Waals surface area contributed by atoms with Crippen molar-refractivity contribution in [2.24, 2.45) is 5.73 Å². The Morgan fingerprint density at radius 2 is 2.24 bits per heavy atom. The summed E-state index contributed by atoms with van der Waals surface area (Å²) < 4.78 is 18.3. The summed E-state index contributed by atoms with van der Waals surface area (Å²) >= 11 is 5.70. The highest BCUT2D eigenvalue weighted by Crippen LogP contribution is 2.23. The van der Waals surface area contributed by atoms with Crippen LogP contribution in [0.3, 0.4) is 0 Å². The quantitative estimate of drug-likeness (QED) is 0.881. The molecule has 0 saturated heterocycles.